The van der Waals surface area contributed by atoms with Crippen LogP contribution in [0, 0.1) is 5.92 Å². The minimum atomic E-state index is 0.213. The number of rotatable bonds is 6. The molecule has 0 spiro atoms. The summed E-state index contributed by atoms with van der Waals surface area (Å²) >= 11 is 0. The number of carbonyl (C=O) groups excluding carboxylic acids is 1. The van der Waals surface area contributed by atoms with E-state index in [-0.39, 0.29) is 11.4 Å². The summed E-state index contributed by atoms with van der Waals surface area (Å²) in [5, 5.41) is 3.00. The van der Waals surface area contributed by atoms with E-state index in [2.05, 4.69) is 23.7 Å². The summed E-state index contributed by atoms with van der Waals surface area (Å²) in [5.41, 5.74) is 0.226. The van der Waals surface area contributed by atoms with E-state index in [0.29, 0.717) is 0 Å². The lowest BCUT2D eigenvalue weighted by Gasteiger charge is -2.05. The first-order valence-corrected chi connectivity index (χ1v) is 5.06. The maximum Gasteiger partial charge on any atom is 0.151 e. The van der Waals surface area contributed by atoms with Crippen LogP contribution in [0.2, 0.25) is 0 Å². The zero-order valence-corrected chi connectivity index (χ0v) is 9.28. The minimum absolute atomic E-state index is 0.213. The van der Waals surface area contributed by atoms with Crippen molar-refractivity contribution in [3.05, 3.63) is 0 Å². The van der Waals surface area contributed by atoms with E-state index in [4.69, 9.17) is 0 Å². The van der Waals surface area contributed by atoms with Crippen LogP contribution in [0.25, 0.3) is 0 Å². The summed E-state index contributed by atoms with van der Waals surface area (Å²) in [6.45, 7) is 2.99. The smallest absolute Gasteiger partial charge is 0.151 e. The molecule has 2 nitrogen and oxygen atoms in total. The zero-order valence-electron chi connectivity index (χ0n) is 6.97. The van der Waals surface area contributed by atoms with Crippen molar-refractivity contribution >= 4 is 24.2 Å². The Kier molecular flexibility index (Phi) is 7.47. The van der Waals surface area contributed by atoms with E-state index in [1.165, 1.54) is 0 Å². The molecule has 66 valence electrons. The van der Waals surface area contributed by atoms with Gasteiger partial charge in [-0.15, -0.1) is 0 Å². The lowest BCUT2D eigenvalue weighted by Crippen LogP contribution is -2.05. The number of carbonyl (C=O) groups is 1. The molecule has 3 atom stereocenters. The van der Waals surface area contributed by atoms with E-state index in [1.807, 2.05) is 6.92 Å². The number of hydrogen-bond donors (Lipinski definition) is 1. The van der Waals surface area contributed by atoms with Crippen LogP contribution >= 0.6 is 18.6 Å². The van der Waals surface area contributed by atoms with Crippen LogP contribution in [0.5, 0.6) is 0 Å². The van der Waals surface area contributed by atoms with Crippen LogP contribution in [0.3, 0.4) is 0 Å². The molecule has 0 saturated heterocycles. The molecular weight excluding hydrogens is 176 g/mol. The Hall–Kier alpha value is 0.490. The highest BCUT2D eigenvalue weighted by Gasteiger charge is 2.05. The second-order valence-electron chi connectivity index (χ2n) is 2.75. The highest BCUT2D eigenvalue weighted by Crippen LogP contribution is 2.11. The van der Waals surface area contributed by atoms with E-state index in [1.54, 1.807) is 0 Å². The minimum Gasteiger partial charge on any atom is -0.301 e. The first kappa shape index (κ1) is 11.5. The summed E-state index contributed by atoms with van der Waals surface area (Å²) in [7, 11) is 4.71. The number of nitrogens with one attached hydrogen (secondary N) is 1. The van der Waals surface area contributed by atoms with Gasteiger partial charge in [0.1, 0.15) is 0 Å². The molecule has 0 aliphatic heterocycles. The van der Waals surface area contributed by atoms with Crippen molar-refractivity contribution < 1.29 is 4.79 Å². The molecule has 0 aromatic rings. The fraction of sp³-hybridized carbons (Fsp3) is 0.857. The van der Waals surface area contributed by atoms with Gasteiger partial charge in [-0.3, -0.25) is 4.79 Å². The van der Waals surface area contributed by atoms with Gasteiger partial charge in [0.2, 0.25) is 0 Å². The van der Waals surface area contributed by atoms with Crippen molar-refractivity contribution in [1.29, 1.82) is 0 Å². The van der Waals surface area contributed by atoms with Crippen molar-refractivity contribution in [3.63, 3.8) is 0 Å². The van der Waals surface area contributed by atoms with Gasteiger partial charge in [0, 0.05) is 5.92 Å². The Morgan fingerprint density at radius 3 is 2.64 bits per heavy atom. The first-order chi connectivity index (χ1) is 5.18. The zero-order chi connectivity index (χ0) is 8.69. The van der Waals surface area contributed by atoms with E-state index < -0.39 is 0 Å². The summed E-state index contributed by atoms with van der Waals surface area (Å²) in [6, 6.07) is 0. The van der Waals surface area contributed by atoms with Gasteiger partial charge in [0.05, 0.1) is 0 Å². The molecule has 0 amide bonds. The summed E-state index contributed by atoms with van der Waals surface area (Å²) < 4.78 is 0. The van der Waals surface area contributed by atoms with Crippen molar-refractivity contribution in [2.45, 2.75) is 26.2 Å². The standard InChI is InChI=1S/C7H17NOP2/c1-6(7(9)10)4-2-3-5-8-11/h6,8H,2-5,10-11H2,1H3. The number of unbranched alkanes of at least 4 members (excludes halogenated alkanes) is 1. The second kappa shape index (κ2) is 7.16. The monoisotopic (exact) mass is 193 g/mol. The van der Waals surface area contributed by atoms with Crippen molar-refractivity contribution in [1.82, 2.24) is 5.09 Å². The third-order valence-electron chi connectivity index (χ3n) is 1.69. The third kappa shape index (κ3) is 6.87. The average Bonchev–Trinajstić information content (AvgIpc) is 1.97. The molecule has 0 aliphatic rings. The predicted molar refractivity (Wildman–Crippen MR) is 55.4 cm³/mol. The Labute approximate surface area is 73.4 Å². The predicted octanol–water partition coefficient (Wildman–Crippen LogP) is 1.57. The Balaban J connectivity index is 3.17. The molecule has 0 aromatic carbocycles. The maximum atomic E-state index is 10.8. The highest BCUT2D eigenvalue weighted by molar-refractivity contribution is 7.40. The van der Waals surface area contributed by atoms with Crippen LogP contribution in [0.15, 0.2) is 0 Å². The lowest BCUT2D eigenvalue weighted by atomic mass is 10.1. The summed E-state index contributed by atoms with van der Waals surface area (Å²) in [4.78, 5) is 10.8. The normalized spacial score (nSPS) is 13.0. The summed E-state index contributed by atoms with van der Waals surface area (Å²) in [6.07, 6.45) is 3.28. The fourth-order valence-electron chi connectivity index (χ4n) is 0.820. The van der Waals surface area contributed by atoms with Crippen LogP contribution in [-0.4, -0.2) is 12.1 Å². The average molecular weight is 193 g/mol. The molecule has 1 N–H and O–H groups in total. The third-order valence-corrected chi connectivity index (χ3v) is 2.55. The van der Waals surface area contributed by atoms with Crippen molar-refractivity contribution in [3.8, 4) is 0 Å². The molecular formula is C7H17NOP2. The van der Waals surface area contributed by atoms with Crippen molar-refractivity contribution in [2.75, 3.05) is 6.54 Å². The van der Waals surface area contributed by atoms with Gasteiger partial charge in [-0.2, -0.15) is 0 Å². The highest BCUT2D eigenvalue weighted by atomic mass is 31.0. The van der Waals surface area contributed by atoms with Gasteiger partial charge in [-0.1, -0.05) is 32.0 Å². The topological polar surface area (TPSA) is 29.1 Å². The van der Waals surface area contributed by atoms with E-state index in [9.17, 15) is 4.79 Å². The Morgan fingerprint density at radius 1 is 1.55 bits per heavy atom. The van der Waals surface area contributed by atoms with Crippen LogP contribution in [0.4, 0.5) is 0 Å². The molecule has 4 heteroatoms. The first-order valence-electron chi connectivity index (χ1n) is 3.91. The largest absolute Gasteiger partial charge is 0.301 e. The molecule has 11 heavy (non-hydrogen) atoms. The van der Waals surface area contributed by atoms with Crippen LogP contribution < -0.4 is 5.09 Å². The van der Waals surface area contributed by atoms with Gasteiger partial charge < -0.3 is 5.09 Å². The number of hydrogen-bond acceptors (Lipinski definition) is 2. The fourth-order valence-corrected chi connectivity index (χ4v) is 1.19. The molecule has 0 rings (SSSR count). The molecule has 0 saturated carbocycles. The van der Waals surface area contributed by atoms with Crippen LogP contribution in [0.1, 0.15) is 26.2 Å². The molecule has 0 fully saturated rings. The van der Waals surface area contributed by atoms with Gasteiger partial charge in [0.25, 0.3) is 0 Å². The SMILES string of the molecule is CC(CCCCNP)C(=O)P. The molecule has 0 heterocycles. The molecule has 0 radical (unpaired) electrons. The Bertz CT molecular complexity index is 119. The molecule has 0 aliphatic carbocycles. The maximum absolute atomic E-state index is 10.8. The van der Waals surface area contributed by atoms with Gasteiger partial charge in [-0.25, -0.2) is 0 Å². The van der Waals surface area contributed by atoms with Gasteiger partial charge in [-0.05, 0) is 19.4 Å². The quantitative estimate of drug-likeness (QED) is 0.512. The molecule has 3 unspecified atom stereocenters. The molecule has 0 bridgehead atoms. The van der Waals surface area contributed by atoms with Crippen molar-refractivity contribution in [2.24, 2.45) is 5.92 Å². The van der Waals surface area contributed by atoms with Gasteiger partial charge in [0.15, 0.2) is 5.52 Å². The Morgan fingerprint density at radius 2 is 2.18 bits per heavy atom. The van der Waals surface area contributed by atoms with Crippen LogP contribution in [-0.2, 0) is 4.79 Å². The summed E-state index contributed by atoms with van der Waals surface area (Å²) in [5.74, 6) is 0.213. The van der Waals surface area contributed by atoms with Gasteiger partial charge >= 0.3 is 0 Å². The second-order valence-corrected chi connectivity index (χ2v) is 3.73. The van der Waals surface area contributed by atoms with E-state index >= 15 is 0 Å². The molecule has 0 aromatic heterocycles. The lowest BCUT2D eigenvalue weighted by molar-refractivity contribution is -0.114. The van der Waals surface area contributed by atoms with E-state index in [0.717, 1.165) is 25.8 Å².